The van der Waals surface area contributed by atoms with E-state index < -0.39 is 5.97 Å². The van der Waals surface area contributed by atoms with Gasteiger partial charge in [0.25, 0.3) is 0 Å². The van der Waals surface area contributed by atoms with Crippen LogP contribution >= 0.6 is 11.3 Å². The van der Waals surface area contributed by atoms with E-state index in [0.717, 1.165) is 22.8 Å². The van der Waals surface area contributed by atoms with Crippen LogP contribution in [-0.4, -0.2) is 18.1 Å². The van der Waals surface area contributed by atoms with Crippen LogP contribution in [0, 0.1) is 17.8 Å². The first-order valence-electron chi connectivity index (χ1n) is 7.45. The first-order chi connectivity index (χ1) is 9.59. The monoisotopic (exact) mass is 292 g/mol. The topological polar surface area (TPSA) is 65.2 Å². The lowest BCUT2D eigenvalue weighted by Gasteiger charge is -2.56. The van der Waals surface area contributed by atoms with E-state index in [4.69, 9.17) is 10.5 Å². The molecule has 4 aliphatic rings. The lowest BCUT2D eigenvalue weighted by atomic mass is 9.50. The standard InChI is InChI=1S/C15H20N2O2S/c1-19-13(18)11-12(16)20-14(17-11)15-5-8-2-9(6-15)4-10(3-8)7-15/h8-10H,2-7,16H2,1H3. The minimum Gasteiger partial charge on any atom is -0.464 e. The maximum atomic E-state index is 11.7. The van der Waals surface area contributed by atoms with Gasteiger partial charge in [-0.3, -0.25) is 0 Å². The van der Waals surface area contributed by atoms with Gasteiger partial charge in [0.15, 0.2) is 5.69 Å². The minimum absolute atomic E-state index is 0.208. The molecule has 0 aromatic carbocycles. The van der Waals surface area contributed by atoms with Crippen LogP contribution in [0.4, 0.5) is 5.00 Å². The van der Waals surface area contributed by atoms with Gasteiger partial charge in [-0.15, -0.1) is 11.3 Å². The van der Waals surface area contributed by atoms with Crippen molar-refractivity contribution in [1.29, 1.82) is 0 Å². The average Bonchev–Trinajstić information content (AvgIpc) is 2.79. The Morgan fingerprint density at radius 2 is 1.80 bits per heavy atom. The van der Waals surface area contributed by atoms with Gasteiger partial charge in [-0.25, -0.2) is 9.78 Å². The number of hydrogen-bond donors (Lipinski definition) is 1. The number of anilines is 1. The number of ether oxygens (including phenoxy) is 1. The maximum absolute atomic E-state index is 11.7. The Hall–Kier alpha value is -1.10. The zero-order chi connectivity index (χ0) is 13.9. The Morgan fingerprint density at radius 1 is 1.25 bits per heavy atom. The second-order valence-corrected chi connectivity index (χ2v) is 7.95. The van der Waals surface area contributed by atoms with Crippen molar-refractivity contribution in [2.24, 2.45) is 17.8 Å². The molecule has 4 bridgehead atoms. The largest absolute Gasteiger partial charge is 0.464 e. The molecule has 5 rings (SSSR count). The van der Waals surface area contributed by atoms with Gasteiger partial charge in [0.2, 0.25) is 0 Å². The highest BCUT2D eigenvalue weighted by Gasteiger charge is 2.53. The summed E-state index contributed by atoms with van der Waals surface area (Å²) in [6.45, 7) is 0. The number of nitrogen functional groups attached to an aromatic ring is 1. The van der Waals surface area contributed by atoms with Gasteiger partial charge < -0.3 is 10.5 Å². The number of rotatable bonds is 2. The third-order valence-corrected chi connectivity index (χ3v) is 6.65. The van der Waals surface area contributed by atoms with Crippen LogP contribution in [0.5, 0.6) is 0 Å². The average molecular weight is 292 g/mol. The summed E-state index contributed by atoms with van der Waals surface area (Å²) in [5, 5.41) is 1.61. The number of methoxy groups -OCH3 is 1. The van der Waals surface area contributed by atoms with E-state index >= 15 is 0 Å². The van der Waals surface area contributed by atoms with Crippen molar-refractivity contribution in [3.8, 4) is 0 Å². The van der Waals surface area contributed by atoms with Crippen molar-refractivity contribution < 1.29 is 9.53 Å². The van der Waals surface area contributed by atoms with Crippen LogP contribution in [0.25, 0.3) is 0 Å². The predicted molar refractivity (Wildman–Crippen MR) is 77.7 cm³/mol. The zero-order valence-electron chi connectivity index (χ0n) is 11.7. The van der Waals surface area contributed by atoms with E-state index in [-0.39, 0.29) is 5.41 Å². The SMILES string of the molecule is COC(=O)c1nc(C23CC4CC(CC(C4)C2)C3)sc1N. The van der Waals surface area contributed by atoms with E-state index in [9.17, 15) is 4.79 Å². The van der Waals surface area contributed by atoms with Gasteiger partial charge >= 0.3 is 5.97 Å². The van der Waals surface area contributed by atoms with Gasteiger partial charge in [0.05, 0.1) is 7.11 Å². The highest BCUT2D eigenvalue weighted by molar-refractivity contribution is 7.16. The number of aromatic nitrogens is 1. The first-order valence-corrected chi connectivity index (χ1v) is 8.26. The summed E-state index contributed by atoms with van der Waals surface area (Å²) in [6, 6.07) is 0. The lowest BCUT2D eigenvalue weighted by Crippen LogP contribution is -2.48. The van der Waals surface area contributed by atoms with Crippen LogP contribution in [0.1, 0.15) is 54.0 Å². The fourth-order valence-electron chi connectivity index (χ4n) is 5.17. The summed E-state index contributed by atoms with van der Waals surface area (Å²) < 4.78 is 4.77. The van der Waals surface area contributed by atoms with Crippen LogP contribution in [0.2, 0.25) is 0 Å². The van der Waals surface area contributed by atoms with E-state index in [1.807, 2.05) is 0 Å². The van der Waals surface area contributed by atoms with Crippen LogP contribution in [0.15, 0.2) is 0 Å². The summed E-state index contributed by atoms with van der Waals surface area (Å²) in [6.07, 6.45) is 7.95. The van der Waals surface area contributed by atoms with Crippen LogP contribution in [0.3, 0.4) is 0 Å². The molecule has 108 valence electrons. The number of thiazole rings is 1. The molecular weight excluding hydrogens is 272 g/mol. The Labute approximate surface area is 122 Å². The predicted octanol–water partition coefficient (Wildman–Crippen LogP) is 2.98. The fourth-order valence-corrected chi connectivity index (χ4v) is 6.21. The number of carbonyl (C=O) groups excluding carboxylic acids is 1. The van der Waals surface area contributed by atoms with Crippen molar-refractivity contribution >= 4 is 22.3 Å². The second kappa shape index (κ2) is 4.20. The molecule has 20 heavy (non-hydrogen) atoms. The van der Waals surface area contributed by atoms with E-state index in [0.29, 0.717) is 10.7 Å². The highest BCUT2D eigenvalue weighted by Crippen LogP contribution is 2.61. The van der Waals surface area contributed by atoms with Gasteiger partial charge in [-0.2, -0.15) is 0 Å². The highest BCUT2D eigenvalue weighted by atomic mass is 32.1. The molecule has 4 fully saturated rings. The first kappa shape index (κ1) is 12.6. The number of esters is 1. The number of carbonyl (C=O) groups is 1. The second-order valence-electron chi connectivity index (χ2n) is 6.92. The van der Waals surface area contributed by atoms with E-state index in [2.05, 4.69) is 4.98 Å². The summed E-state index contributed by atoms with van der Waals surface area (Å²) in [5.74, 6) is 2.20. The molecule has 0 saturated heterocycles. The third kappa shape index (κ3) is 1.72. The molecule has 4 nitrogen and oxygen atoms in total. The van der Waals surface area contributed by atoms with E-state index in [1.165, 1.54) is 57.0 Å². The molecule has 0 atom stereocenters. The van der Waals surface area contributed by atoms with Gasteiger partial charge in [-0.1, -0.05) is 0 Å². The molecule has 0 spiro atoms. The van der Waals surface area contributed by atoms with Crippen LogP contribution < -0.4 is 5.73 Å². The summed E-state index contributed by atoms with van der Waals surface area (Å²) in [5.41, 5.74) is 6.52. The lowest BCUT2D eigenvalue weighted by molar-refractivity contribution is -0.00535. The Kier molecular flexibility index (Phi) is 2.65. The van der Waals surface area contributed by atoms with Crippen molar-refractivity contribution in [3.63, 3.8) is 0 Å². The molecule has 1 heterocycles. The minimum atomic E-state index is -0.408. The van der Waals surface area contributed by atoms with Crippen molar-refractivity contribution in [2.45, 2.75) is 43.9 Å². The molecule has 0 amide bonds. The Bertz CT molecular complexity index is 531. The molecule has 0 unspecified atom stereocenters. The van der Waals surface area contributed by atoms with E-state index in [1.54, 1.807) is 0 Å². The molecular formula is C15H20N2O2S. The number of nitrogens with two attached hydrogens (primary N) is 1. The normalized spacial score (nSPS) is 38.1. The number of nitrogens with zero attached hydrogens (tertiary/aromatic N) is 1. The molecule has 0 radical (unpaired) electrons. The molecule has 1 aromatic heterocycles. The van der Waals surface area contributed by atoms with Crippen molar-refractivity contribution in [2.75, 3.05) is 12.8 Å². The third-order valence-electron chi connectivity index (χ3n) is 5.52. The van der Waals surface area contributed by atoms with Gasteiger partial charge in [0, 0.05) is 5.41 Å². The number of hydrogen-bond acceptors (Lipinski definition) is 5. The molecule has 4 aliphatic carbocycles. The van der Waals surface area contributed by atoms with Gasteiger partial charge in [-0.05, 0) is 56.3 Å². The molecule has 2 N–H and O–H groups in total. The molecule has 4 saturated carbocycles. The zero-order valence-corrected chi connectivity index (χ0v) is 12.5. The summed E-state index contributed by atoms with van der Waals surface area (Å²) >= 11 is 1.51. The van der Waals surface area contributed by atoms with Crippen LogP contribution in [-0.2, 0) is 10.2 Å². The maximum Gasteiger partial charge on any atom is 0.359 e. The Morgan fingerprint density at radius 3 is 2.30 bits per heavy atom. The summed E-state index contributed by atoms with van der Waals surface area (Å²) in [4.78, 5) is 16.3. The molecule has 5 heteroatoms. The van der Waals surface area contributed by atoms with Crippen molar-refractivity contribution in [3.05, 3.63) is 10.7 Å². The smallest absolute Gasteiger partial charge is 0.359 e. The van der Waals surface area contributed by atoms with Gasteiger partial charge in [0.1, 0.15) is 10.0 Å². The summed E-state index contributed by atoms with van der Waals surface area (Å²) in [7, 11) is 1.38. The fraction of sp³-hybridized carbons (Fsp3) is 0.733. The molecule has 0 aliphatic heterocycles. The van der Waals surface area contributed by atoms with Crippen molar-refractivity contribution in [1.82, 2.24) is 4.98 Å². The quantitative estimate of drug-likeness (QED) is 0.851. The Balaban J connectivity index is 1.72. The molecule has 1 aromatic rings.